The first-order valence-electron chi connectivity index (χ1n) is 4.53. The van der Waals surface area contributed by atoms with Crippen LogP contribution in [0.3, 0.4) is 0 Å². The molecule has 0 radical (unpaired) electrons. The van der Waals surface area contributed by atoms with Crippen molar-refractivity contribution in [1.82, 2.24) is 4.98 Å². The summed E-state index contributed by atoms with van der Waals surface area (Å²) in [4.78, 5) is 15.1. The van der Waals surface area contributed by atoms with Crippen LogP contribution >= 0.6 is 22.9 Å². The number of halogens is 1. The van der Waals surface area contributed by atoms with Crippen molar-refractivity contribution in [3.8, 4) is 0 Å². The lowest BCUT2D eigenvalue weighted by molar-refractivity contribution is 0.0700. The number of aromatic carboxylic acids is 1. The minimum Gasteiger partial charge on any atom is -0.477 e. The minimum atomic E-state index is -0.930. The van der Waals surface area contributed by atoms with E-state index in [0.717, 1.165) is 30.6 Å². The molecule has 1 heterocycles. The summed E-state index contributed by atoms with van der Waals surface area (Å²) in [6.45, 7) is 2.10. The molecule has 78 valence electrons. The van der Waals surface area contributed by atoms with Crippen molar-refractivity contribution < 1.29 is 9.90 Å². The fourth-order valence-corrected chi connectivity index (χ4v) is 2.21. The van der Waals surface area contributed by atoms with Crippen LogP contribution in [0.15, 0.2) is 0 Å². The average molecular weight is 234 g/mol. The second-order valence-electron chi connectivity index (χ2n) is 3.00. The molecule has 14 heavy (non-hydrogen) atoms. The monoisotopic (exact) mass is 233 g/mol. The molecular weight excluding hydrogens is 222 g/mol. The van der Waals surface area contributed by atoms with E-state index in [9.17, 15) is 4.79 Å². The van der Waals surface area contributed by atoms with Crippen LogP contribution in [-0.4, -0.2) is 16.1 Å². The van der Waals surface area contributed by atoms with E-state index in [4.69, 9.17) is 16.7 Å². The molecule has 0 aliphatic carbocycles. The minimum absolute atomic E-state index is 0.283. The third kappa shape index (κ3) is 2.96. The zero-order valence-electron chi connectivity index (χ0n) is 7.92. The van der Waals surface area contributed by atoms with E-state index in [-0.39, 0.29) is 4.88 Å². The number of hydrogen-bond donors (Lipinski definition) is 1. The highest BCUT2D eigenvalue weighted by atomic mass is 35.5. The van der Waals surface area contributed by atoms with Crippen molar-refractivity contribution >= 4 is 28.9 Å². The number of carboxylic acids is 1. The van der Waals surface area contributed by atoms with Gasteiger partial charge < -0.3 is 5.11 Å². The first-order chi connectivity index (χ1) is 6.65. The van der Waals surface area contributed by atoms with Gasteiger partial charge in [0.2, 0.25) is 0 Å². The van der Waals surface area contributed by atoms with Gasteiger partial charge in [0.1, 0.15) is 4.88 Å². The summed E-state index contributed by atoms with van der Waals surface area (Å²) >= 11 is 6.70. The Morgan fingerprint density at radius 3 is 2.86 bits per heavy atom. The van der Waals surface area contributed by atoms with Crippen LogP contribution in [0.5, 0.6) is 0 Å². The van der Waals surface area contributed by atoms with Crippen LogP contribution in [0.2, 0.25) is 4.47 Å². The van der Waals surface area contributed by atoms with Gasteiger partial charge >= 0.3 is 5.97 Å². The quantitative estimate of drug-likeness (QED) is 0.795. The fourth-order valence-electron chi connectivity index (χ4n) is 1.20. The van der Waals surface area contributed by atoms with Crippen LogP contribution in [0.4, 0.5) is 0 Å². The summed E-state index contributed by atoms with van der Waals surface area (Å²) in [5.41, 5.74) is 0.626. The molecule has 0 spiro atoms. The van der Waals surface area contributed by atoms with Crippen molar-refractivity contribution in [2.24, 2.45) is 0 Å². The number of aryl methyl sites for hydroxylation is 1. The molecule has 1 rings (SSSR count). The summed E-state index contributed by atoms with van der Waals surface area (Å²) in [6.07, 6.45) is 3.88. The van der Waals surface area contributed by atoms with Crippen molar-refractivity contribution in [2.45, 2.75) is 32.6 Å². The Bertz CT molecular complexity index is 325. The number of aromatic nitrogens is 1. The van der Waals surface area contributed by atoms with Crippen LogP contribution < -0.4 is 0 Å². The van der Waals surface area contributed by atoms with Crippen LogP contribution in [0, 0.1) is 0 Å². The molecule has 0 aliphatic heterocycles. The Labute approximate surface area is 91.7 Å². The maximum atomic E-state index is 10.8. The molecule has 5 heteroatoms. The lowest BCUT2D eigenvalue weighted by Crippen LogP contribution is -1.98. The van der Waals surface area contributed by atoms with E-state index in [1.54, 1.807) is 0 Å². The van der Waals surface area contributed by atoms with Gasteiger partial charge in [-0.1, -0.05) is 42.7 Å². The summed E-state index contributed by atoms with van der Waals surface area (Å²) in [6, 6.07) is 0. The Morgan fingerprint density at radius 2 is 2.29 bits per heavy atom. The molecule has 1 aromatic heterocycles. The molecule has 0 saturated heterocycles. The van der Waals surface area contributed by atoms with Crippen LogP contribution in [0.25, 0.3) is 0 Å². The maximum Gasteiger partial charge on any atom is 0.347 e. The fraction of sp³-hybridized carbons (Fsp3) is 0.556. The van der Waals surface area contributed by atoms with E-state index in [1.807, 2.05) is 0 Å². The first-order valence-corrected chi connectivity index (χ1v) is 5.73. The second-order valence-corrected chi connectivity index (χ2v) is 4.59. The molecule has 1 aromatic rings. The Hall–Kier alpha value is -0.610. The number of rotatable bonds is 5. The van der Waals surface area contributed by atoms with Gasteiger partial charge in [-0.15, -0.1) is 0 Å². The summed E-state index contributed by atoms with van der Waals surface area (Å²) in [5, 5.41) is 8.85. The van der Waals surface area contributed by atoms with Crippen LogP contribution in [-0.2, 0) is 6.42 Å². The summed E-state index contributed by atoms with van der Waals surface area (Å²) in [7, 11) is 0. The average Bonchev–Trinajstić information content (AvgIpc) is 2.47. The molecular formula is C9H12ClNO2S. The number of hydrogen-bond acceptors (Lipinski definition) is 3. The molecule has 1 N–H and O–H groups in total. The zero-order valence-corrected chi connectivity index (χ0v) is 9.49. The predicted molar refractivity (Wildman–Crippen MR) is 57.3 cm³/mol. The number of thiazole rings is 1. The molecule has 0 unspecified atom stereocenters. The van der Waals surface area contributed by atoms with Gasteiger partial charge in [0.05, 0.1) is 5.69 Å². The van der Waals surface area contributed by atoms with Crippen LogP contribution in [0.1, 0.15) is 41.6 Å². The smallest absolute Gasteiger partial charge is 0.347 e. The predicted octanol–water partition coefficient (Wildman–Crippen LogP) is 3.23. The first kappa shape index (κ1) is 11.5. The van der Waals surface area contributed by atoms with E-state index in [1.165, 1.54) is 0 Å². The standard InChI is InChI=1S/C9H12ClNO2S/c1-2-3-4-5-6-7(8(12)13)14-9(10)11-6/h2-5H2,1H3,(H,12,13). The number of carbonyl (C=O) groups is 1. The van der Waals surface area contributed by atoms with E-state index in [2.05, 4.69) is 11.9 Å². The van der Waals surface area contributed by atoms with Crippen molar-refractivity contribution in [1.29, 1.82) is 0 Å². The largest absolute Gasteiger partial charge is 0.477 e. The molecule has 0 bridgehead atoms. The highest BCUT2D eigenvalue weighted by molar-refractivity contribution is 7.17. The highest BCUT2D eigenvalue weighted by Gasteiger charge is 2.15. The molecule has 0 saturated carbocycles. The van der Waals surface area contributed by atoms with Crippen molar-refractivity contribution in [2.75, 3.05) is 0 Å². The van der Waals surface area contributed by atoms with Gasteiger partial charge in [-0.05, 0) is 12.8 Å². The van der Waals surface area contributed by atoms with Crippen molar-refractivity contribution in [3.05, 3.63) is 15.0 Å². The Morgan fingerprint density at radius 1 is 1.57 bits per heavy atom. The molecule has 0 amide bonds. The van der Waals surface area contributed by atoms with Gasteiger partial charge in [-0.25, -0.2) is 9.78 Å². The van der Waals surface area contributed by atoms with Gasteiger partial charge in [-0.3, -0.25) is 0 Å². The lowest BCUT2D eigenvalue weighted by Gasteiger charge is -1.96. The second kappa shape index (κ2) is 5.32. The SMILES string of the molecule is CCCCCc1nc(Cl)sc1C(=O)O. The number of nitrogens with zero attached hydrogens (tertiary/aromatic N) is 1. The molecule has 0 aliphatic rings. The maximum absolute atomic E-state index is 10.8. The third-order valence-electron chi connectivity index (χ3n) is 1.88. The lowest BCUT2D eigenvalue weighted by atomic mass is 10.1. The van der Waals surface area contributed by atoms with Gasteiger partial charge in [0.15, 0.2) is 4.47 Å². The molecule has 0 atom stereocenters. The van der Waals surface area contributed by atoms with Gasteiger partial charge in [0.25, 0.3) is 0 Å². The molecule has 0 fully saturated rings. The number of unbranched alkanes of at least 4 members (excludes halogenated alkanes) is 2. The van der Waals surface area contributed by atoms with E-state index >= 15 is 0 Å². The Kier molecular flexibility index (Phi) is 4.35. The highest BCUT2D eigenvalue weighted by Crippen LogP contribution is 2.24. The third-order valence-corrected chi connectivity index (χ3v) is 3.07. The molecule has 0 aromatic carbocycles. The van der Waals surface area contributed by atoms with E-state index in [0.29, 0.717) is 16.6 Å². The summed E-state index contributed by atoms with van der Waals surface area (Å²) < 4.78 is 0.314. The number of carboxylic acid groups (broad SMARTS) is 1. The Balaban J connectivity index is 2.69. The van der Waals surface area contributed by atoms with Gasteiger partial charge in [-0.2, -0.15) is 0 Å². The van der Waals surface area contributed by atoms with Crippen molar-refractivity contribution in [3.63, 3.8) is 0 Å². The zero-order chi connectivity index (χ0) is 10.6. The topological polar surface area (TPSA) is 50.2 Å². The summed E-state index contributed by atoms with van der Waals surface area (Å²) in [5.74, 6) is -0.930. The normalized spacial score (nSPS) is 10.4. The van der Waals surface area contributed by atoms with E-state index < -0.39 is 5.97 Å². The van der Waals surface area contributed by atoms with Gasteiger partial charge in [0, 0.05) is 0 Å². The molecule has 3 nitrogen and oxygen atoms in total.